The first-order chi connectivity index (χ1) is 12.6. The molecule has 0 aromatic heterocycles. The van der Waals surface area contributed by atoms with Crippen molar-refractivity contribution in [1.29, 1.82) is 0 Å². The molecule has 0 heterocycles. The molecule has 0 aliphatic carbocycles. The zero-order chi connectivity index (χ0) is 19.5. The number of rotatable bonds is 19. The lowest BCUT2D eigenvalue weighted by molar-refractivity contribution is -0.137. The van der Waals surface area contributed by atoms with Gasteiger partial charge in [-0.1, -0.05) is 70.4 Å². The summed E-state index contributed by atoms with van der Waals surface area (Å²) < 4.78 is 0. The maximum absolute atomic E-state index is 10.4. The molecule has 0 fully saturated rings. The molecule has 3 N–H and O–H groups in total. The van der Waals surface area contributed by atoms with Gasteiger partial charge < -0.3 is 15.3 Å². The Morgan fingerprint density at radius 1 is 0.769 bits per heavy atom. The normalized spacial score (nSPS) is 14.0. The molecule has 0 radical (unpaired) electrons. The molecule has 26 heavy (non-hydrogen) atoms. The third-order valence-electron chi connectivity index (χ3n) is 4.81. The molecule has 0 bridgehead atoms. The van der Waals surface area contributed by atoms with E-state index in [0.29, 0.717) is 19.3 Å². The molecule has 4 heteroatoms. The van der Waals surface area contributed by atoms with Crippen LogP contribution in [0.25, 0.3) is 0 Å². The fourth-order valence-electron chi connectivity index (χ4n) is 3.07. The van der Waals surface area contributed by atoms with Crippen LogP contribution in [0.15, 0.2) is 12.2 Å². The lowest BCUT2D eigenvalue weighted by Gasteiger charge is -2.13. The van der Waals surface area contributed by atoms with E-state index < -0.39 is 5.97 Å². The Hall–Kier alpha value is -0.870. The number of carbonyl (C=O) groups is 1. The summed E-state index contributed by atoms with van der Waals surface area (Å²) in [5.74, 6) is -0.702. The third kappa shape index (κ3) is 19.5. The fourth-order valence-corrected chi connectivity index (χ4v) is 3.07. The van der Waals surface area contributed by atoms with Gasteiger partial charge in [0.1, 0.15) is 0 Å². The highest BCUT2D eigenvalue weighted by atomic mass is 16.4. The van der Waals surface area contributed by atoms with Crippen LogP contribution in [0.4, 0.5) is 0 Å². The zero-order valence-electron chi connectivity index (χ0n) is 16.9. The molecule has 2 unspecified atom stereocenters. The van der Waals surface area contributed by atoms with E-state index in [0.717, 1.165) is 57.8 Å². The number of unbranched alkanes of at least 4 members (excludes halogenated alkanes) is 9. The van der Waals surface area contributed by atoms with Gasteiger partial charge in [-0.2, -0.15) is 0 Å². The van der Waals surface area contributed by atoms with Gasteiger partial charge in [0.25, 0.3) is 0 Å². The molecular weight excluding hydrogens is 328 g/mol. The first kappa shape index (κ1) is 25.1. The highest BCUT2D eigenvalue weighted by molar-refractivity contribution is 5.66. The molecular formula is C22H42O4. The predicted molar refractivity (Wildman–Crippen MR) is 108 cm³/mol. The second kappa shape index (κ2) is 18.9. The number of allylic oxidation sites excluding steroid dienone is 1. The van der Waals surface area contributed by atoms with Crippen LogP contribution in [0.2, 0.25) is 0 Å². The van der Waals surface area contributed by atoms with Crippen molar-refractivity contribution in [1.82, 2.24) is 0 Å². The summed E-state index contributed by atoms with van der Waals surface area (Å²) >= 11 is 0. The Morgan fingerprint density at radius 3 is 2.04 bits per heavy atom. The van der Waals surface area contributed by atoms with E-state index in [4.69, 9.17) is 5.11 Å². The standard InChI is InChI=1S/C22H42O4/c1-2-3-4-5-9-12-15-20(23)18-19-21(24)16-13-10-7-6-8-11-14-17-22(25)26/h9,12,20-21,23-24H,2-8,10-11,13-19H2,1H3,(H,25,26). The van der Waals surface area contributed by atoms with Crippen LogP contribution in [0.1, 0.15) is 110 Å². The Bertz CT molecular complexity index is 341. The van der Waals surface area contributed by atoms with Gasteiger partial charge in [0.05, 0.1) is 12.2 Å². The Morgan fingerprint density at radius 2 is 1.38 bits per heavy atom. The minimum atomic E-state index is -0.702. The largest absolute Gasteiger partial charge is 0.481 e. The average Bonchev–Trinajstić information content (AvgIpc) is 2.61. The number of hydrogen-bond acceptors (Lipinski definition) is 3. The maximum Gasteiger partial charge on any atom is 0.303 e. The number of carboxylic acid groups (broad SMARTS) is 1. The van der Waals surface area contributed by atoms with E-state index in [2.05, 4.69) is 19.1 Å². The van der Waals surface area contributed by atoms with Crippen molar-refractivity contribution < 1.29 is 20.1 Å². The van der Waals surface area contributed by atoms with Crippen molar-refractivity contribution in [3.05, 3.63) is 12.2 Å². The molecule has 0 amide bonds. The topological polar surface area (TPSA) is 77.8 Å². The average molecular weight is 371 g/mol. The molecule has 0 rings (SSSR count). The van der Waals surface area contributed by atoms with Crippen LogP contribution in [0, 0.1) is 0 Å². The number of aliphatic hydroxyl groups is 2. The van der Waals surface area contributed by atoms with E-state index in [1.165, 1.54) is 19.3 Å². The van der Waals surface area contributed by atoms with Crippen molar-refractivity contribution in [3.63, 3.8) is 0 Å². The second-order valence-corrected chi connectivity index (χ2v) is 7.50. The summed E-state index contributed by atoms with van der Waals surface area (Å²) in [6, 6.07) is 0. The van der Waals surface area contributed by atoms with E-state index in [9.17, 15) is 15.0 Å². The molecule has 0 aliphatic heterocycles. The second-order valence-electron chi connectivity index (χ2n) is 7.50. The Labute approximate surface area is 160 Å². The highest BCUT2D eigenvalue weighted by Crippen LogP contribution is 2.14. The molecule has 0 aliphatic rings. The quantitative estimate of drug-likeness (QED) is 0.204. The lowest BCUT2D eigenvalue weighted by atomic mass is 10.0. The van der Waals surface area contributed by atoms with Gasteiger partial charge in [-0.05, 0) is 44.9 Å². The first-order valence-corrected chi connectivity index (χ1v) is 10.8. The van der Waals surface area contributed by atoms with Crippen LogP contribution in [0.3, 0.4) is 0 Å². The van der Waals surface area contributed by atoms with Crippen LogP contribution in [-0.2, 0) is 4.79 Å². The van der Waals surface area contributed by atoms with E-state index >= 15 is 0 Å². The number of aliphatic carboxylic acids is 1. The number of hydrogen-bond donors (Lipinski definition) is 3. The monoisotopic (exact) mass is 370 g/mol. The van der Waals surface area contributed by atoms with E-state index in [1.54, 1.807) is 0 Å². The van der Waals surface area contributed by atoms with Gasteiger partial charge in [0, 0.05) is 6.42 Å². The molecule has 0 aromatic carbocycles. The van der Waals surface area contributed by atoms with Gasteiger partial charge in [0.15, 0.2) is 0 Å². The van der Waals surface area contributed by atoms with Crippen molar-refractivity contribution in [2.45, 2.75) is 122 Å². The summed E-state index contributed by atoms with van der Waals surface area (Å²) in [5.41, 5.74) is 0. The van der Waals surface area contributed by atoms with Gasteiger partial charge in [-0.15, -0.1) is 0 Å². The lowest BCUT2D eigenvalue weighted by Crippen LogP contribution is -2.12. The predicted octanol–water partition coefficient (Wildman–Crippen LogP) is 5.61. The number of carboxylic acids is 1. The smallest absolute Gasteiger partial charge is 0.303 e. The van der Waals surface area contributed by atoms with Crippen molar-refractivity contribution >= 4 is 5.97 Å². The van der Waals surface area contributed by atoms with Crippen molar-refractivity contribution in [2.24, 2.45) is 0 Å². The number of aliphatic hydroxyl groups excluding tert-OH is 2. The summed E-state index contributed by atoms with van der Waals surface area (Å²) in [4.78, 5) is 10.4. The van der Waals surface area contributed by atoms with E-state index in [1.807, 2.05) is 0 Å². The van der Waals surface area contributed by atoms with Gasteiger partial charge in [0.2, 0.25) is 0 Å². The molecule has 4 nitrogen and oxygen atoms in total. The third-order valence-corrected chi connectivity index (χ3v) is 4.81. The molecule has 0 saturated heterocycles. The minimum Gasteiger partial charge on any atom is -0.481 e. The van der Waals surface area contributed by atoms with Crippen molar-refractivity contribution in [2.75, 3.05) is 0 Å². The zero-order valence-corrected chi connectivity index (χ0v) is 16.9. The molecule has 0 aromatic rings. The van der Waals surface area contributed by atoms with Crippen molar-refractivity contribution in [3.8, 4) is 0 Å². The molecule has 154 valence electrons. The molecule has 0 saturated carbocycles. The summed E-state index contributed by atoms with van der Waals surface area (Å²) in [6.45, 7) is 2.20. The fraction of sp³-hybridized carbons (Fsp3) is 0.864. The summed E-state index contributed by atoms with van der Waals surface area (Å²) in [6.07, 6.45) is 18.9. The van der Waals surface area contributed by atoms with Crippen LogP contribution >= 0.6 is 0 Å². The highest BCUT2D eigenvalue weighted by Gasteiger charge is 2.08. The maximum atomic E-state index is 10.4. The van der Waals surface area contributed by atoms with Crippen LogP contribution < -0.4 is 0 Å². The first-order valence-electron chi connectivity index (χ1n) is 10.8. The SMILES string of the molecule is CCCCCC=CCC(O)CCC(O)CCCCCCCCCC(=O)O. The van der Waals surface area contributed by atoms with Crippen LogP contribution in [0.5, 0.6) is 0 Å². The molecule has 0 spiro atoms. The van der Waals surface area contributed by atoms with E-state index in [-0.39, 0.29) is 18.6 Å². The minimum absolute atomic E-state index is 0.284. The van der Waals surface area contributed by atoms with Gasteiger partial charge >= 0.3 is 5.97 Å². The molecule has 2 atom stereocenters. The van der Waals surface area contributed by atoms with Gasteiger partial charge in [-0.25, -0.2) is 0 Å². The Kier molecular flexibility index (Phi) is 18.3. The van der Waals surface area contributed by atoms with Gasteiger partial charge in [-0.3, -0.25) is 4.79 Å². The van der Waals surface area contributed by atoms with Crippen LogP contribution in [-0.4, -0.2) is 33.5 Å². The summed E-state index contributed by atoms with van der Waals surface area (Å²) in [7, 11) is 0. The summed E-state index contributed by atoms with van der Waals surface area (Å²) in [5, 5.41) is 28.5. The Balaban J connectivity index is 3.40.